The van der Waals surface area contributed by atoms with Gasteiger partial charge in [0.15, 0.2) is 5.82 Å². The van der Waals surface area contributed by atoms with Gasteiger partial charge in [-0.05, 0) is 66.7 Å². The average molecular weight is 372 g/mol. The molecule has 1 N–H and O–H groups in total. The van der Waals surface area contributed by atoms with Crippen LogP contribution in [0.5, 0.6) is 5.75 Å². The number of halogens is 1. The van der Waals surface area contributed by atoms with Crippen molar-refractivity contribution in [2.45, 2.75) is 26.5 Å². The number of hydrogen-bond acceptors (Lipinski definition) is 5. The van der Waals surface area contributed by atoms with Crippen LogP contribution in [0.1, 0.15) is 36.1 Å². The van der Waals surface area contributed by atoms with Gasteiger partial charge >= 0.3 is 0 Å². The van der Waals surface area contributed by atoms with Gasteiger partial charge in [0.2, 0.25) is 0 Å². The number of hydrogen-bond donors (Lipinski definition) is 1. The molecule has 134 valence electrons. The molecular weight excluding hydrogens is 354 g/mol. The Kier molecular flexibility index (Phi) is 5.48. The zero-order valence-electron chi connectivity index (χ0n) is 14.4. The van der Waals surface area contributed by atoms with E-state index in [1.807, 2.05) is 13.8 Å². The molecule has 1 heterocycles. The van der Waals surface area contributed by atoms with Gasteiger partial charge in [-0.15, -0.1) is 5.10 Å². The minimum Gasteiger partial charge on any atom is -0.486 e. The molecule has 3 aromatic rings. The maximum Gasteiger partial charge on any atom is 0.255 e. The molecule has 1 aromatic heterocycles. The Labute approximate surface area is 155 Å². The van der Waals surface area contributed by atoms with Crippen LogP contribution in [0.3, 0.4) is 0 Å². The van der Waals surface area contributed by atoms with Crippen LogP contribution in [0.2, 0.25) is 5.02 Å². The lowest BCUT2D eigenvalue weighted by Gasteiger charge is -2.10. The van der Waals surface area contributed by atoms with Gasteiger partial charge in [-0.1, -0.05) is 17.7 Å². The highest BCUT2D eigenvalue weighted by atomic mass is 35.5. The molecule has 0 saturated carbocycles. The monoisotopic (exact) mass is 371 g/mol. The van der Waals surface area contributed by atoms with Crippen molar-refractivity contribution in [3.63, 3.8) is 0 Å². The molecule has 0 fully saturated rings. The van der Waals surface area contributed by atoms with Crippen molar-refractivity contribution in [1.82, 2.24) is 20.2 Å². The Bertz CT molecular complexity index is 893. The van der Waals surface area contributed by atoms with Gasteiger partial charge in [0.05, 0.1) is 6.04 Å². The van der Waals surface area contributed by atoms with Crippen molar-refractivity contribution >= 4 is 23.2 Å². The lowest BCUT2D eigenvalue weighted by Crippen LogP contribution is -2.12. The fraction of sp³-hybridized carbons (Fsp3) is 0.222. The molecule has 0 radical (unpaired) electrons. The van der Waals surface area contributed by atoms with Gasteiger partial charge in [-0.25, -0.2) is 4.68 Å². The average Bonchev–Trinajstić information content (AvgIpc) is 3.11. The third-order valence-corrected chi connectivity index (χ3v) is 3.87. The van der Waals surface area contributed by atoms with Gasteiger partial charge in [-0.2, -0.15) is 0 Å². The Morgan fingerprint density at radius 2 is 2.00 bits per heavy atom. The molecule has 8 heteroatoms. The van der Waals surface area contributed by atoms with Crippen LogP contribution in [0.15, 0.2) is 48.5 Å². The number of carbonyl (C=O) groups excluding carboxylic acids is 1. The second kappa shape index (κ2) is 7.97. The van der Waals surface area contributed by atoms with Crippen LogP contribution in [0.25, 0.3) is 0 Å². The van der Waals surface area contributed by atoms with E-state index in [0.29, 0.717) is 27.8 Å². The first-order valence-corrected chi connectivity index (χ1v) is 8.47. The lowest BCUT2D eigenvalue weighted by atomic mass is 10.2. The molecular formula is C18H18ClN5O2. The molecule has 1 amide bonds. The molecule has 26 heavy (non-hydrogen) atoms. The highest BCUT2D eigenvalue weighted by Crippen LogP contribution is 2.18. The Balaban J connectivity index is 1.66. The van der Waals surface area contributed by atoms with E-state index in [2.05, 4.69) is 20.8 Å². The first-order valence-electron chi connectivity index (χ1n) is 8.09. The predicted molar refractivity (Wildman–Crippen MR) is 98.4 cm³/mol. The summed E-state index contributed by atoms with van der Waals surface area (Å²) in [6, 6.07) is 14.0. The van der Waals surface area contributed by atoms with Gasteiger partial charge in [0.1, 0.15) is 12.4 Å². The standard InChI is InChI=1S/C18H18ClN5O2/c1-12(2)24-17(21-22-23-24)11-26-16-5-3-4-13(10-16)18(25)20-15-8-6-14(19)7-9-15/h3-10,12H,11H2,1-2H3,(H,20,25). The molecule has 0 saturated heterocycles. The molecule has 0 aliphatic rings. The van der Waals surface area contributed by atoms with E-state index < -0.39 is 0 Å². The van der Waals surface area contributed by atoms with Crippen molar-refractivity contribution in [3.05, 3.63) is 64.9 Å². The van der Waals surface area contributed by atoms with Gasteiger partial charge < -0.3 is 10.1 Å². The molecule has 7 nitrogen and oxygen atoms in total. The van der Waals surface area contributed by atoms with Crippen molar-refractivity contribution in [1.29, 1.82) is 0 Å². The molecule has 3 rings (SSSR count). The third-order valence-electron chi connectivity index (χ3n) is 3.62. The molecule has 0 atom stereocenters. The molecule has 2 aromatic carbocycles. The lowest BCUT2D eigenvalue weighted by molar-refractivity contribution is 0.102. The van der Waals surface area contributed by atoms with Crippen molar-refractivity contribution < 1.29 is 9.53 Å². The SMILES string of the molecule is CC(C)n1nnnc1COc1cccc(C(=O)Nc2ccc(Cl)cc2)c1. The van der Waals surface area contributed by atoms with E-state index >= 15 is 0 Å². The first-order chi connectivity index (χ1) is 12.5. The Hall–Kier alpha value is -2.93. The fourth-order valence-electron chi connectivity index (χ4n) is 2.32. The van der Waals surface area contributed by atoms with Gasteiger partial charge in [0.25, 0.3) is 5.91 Å². The van der Waals surface area contributed by atoms with Gasteiger partial charge in [-0.3, -0.25) is 4.79 Å². The van der Waals surface area contributed by atoms with E-state index in [4.69, 9.17) is 16.3 Å². The maximum absolute atomic E-state index is 12.4. The third kappa shape index (κ3) is 4.37. The van der Waals surface area contributed by atoms with E-state index in [1.165, 1.54) is 0 Å². The van der Waals surface area contributed by atoms with E-state index in [0.717, 1.165) is 0 Å². The Morgan fingerprint density at radius 3 is 2.73 bits per heavy atom. The quantitative estimate of drug-likeness (QED) is 0.713. The van der Waals surface area contributed by atoms with Crippen LogP contribution in [0.4, 0.5) is 5.69 Å². The number of carbonyl (C=O) groups is 1. The summed E-state index contributed by atoms with van der Waals surface area (Å²) in [6.45, 7) is 4.19. The zero-order chi connectivity index (χ0) is 18.5. The predicted octanol–water partition coefficient (Wildman–Crippen LogP) is 3.74. The molecule has 0 aliphatic heterocycles. The number of ether oxygens (including phenoxy) is 1. The molecule has 0 aliphatic carbocycles. The highest BCUT2D eigenvalue weighted by Gasteiger charge is 2.11. The van der Waals surface area contributed by atoms with Crippen molar-refractivity contribution in [2.24, 2.45) is 0 Å². The van der Waals surface area contributed by atoms with Gasteiger partial charge in [0, 0.05) is 16.3 Å². The maximum atomic E-state index is 12.4. The summed E-state index contributed by atoms with van der Waals surface area (Å²) < 4.78 is 7.43. The van der Waals surface area contributed by atoms with Crippen LogP contribution in [-0.4, -0.2) is 26.1 Å². The second-order valence-electron chi connectivity index (χ2n) is 5.91. The number of tetrazole rings is 1. The topological polar surface area (TPSA) is 81.9 Å². The van der Waals surface area contributed by atoms with E-state index in [9.17, 15) is 4.79 Å². The number of nitrogens with one attached hydrogen (secondary N) is 1. The van der Waals surface area contributed by atoms with E-state index in [-0.39, 0.29) is 18.6 Å². The number of rotatable bonds is 6. The highest BCUT2D eigenvalue weighted by molar-refractivity contribution is 6.30. The fourth-order valence-corrected chi connectivity index (χ4v) is 2.45. The van der Waals surface area contributed by atoms with Crippen molar-refractivity contribution in [2.75, 3.05) is 5.32 Å². The first kappa shape index (κ1) is 17.9. The smallest absolute Gasteiger partial charge is 0.255 e. The summed E-state index contributed by atoms with van der Waals surface area (Å²) in [5.74, 6) is 0.952. The van der Waals surface area contributed by atoms with Crippen LogP contribution in [0, 0.1) is 0 Å². The van der Waals surface area contributed by atoms with Crippen LogP contribution in [-0.2, 0) is 6.61 Å². The number of aromatic nitrogens is 4. The summed E-state index contributed by atoms with van der Waals surface area (Å²) in [6.07, 6.45) is 0. The van der Waals surface area contributed by atoms with Crippen LogP contribution < -0.4 is 10.1 Å². The summed E-state index contributed by atoms with van der Waals surface area (Å²) in [5.41, 5.74) is 1.16. The summed E-state index contributed by atoms with van der Waals surface area (Å²) in [4.78, 5) is 12.4. The number of anilines is 1. The number of nitrogens with zero attached hydrogens (tertiary/aromatic N) is 4. The number of amides is 1. The normalized spacial score (nSPS) is 10.8. The summed E-state index contributed by atoms with van der Waals surface area (Å²) in [7, 11) is 0. The molecule has 0 spiro atoms. The number of benzene rings is 2. The summed E-state index contributed by atoms with van der Waals surface area (Å²) in [5, 5.41) is 15.0. The zero-order valence-corrected chi connectivity index (χ0v) is 15.1. The minimum absolute atomic E-state index is 0.139. The second-order valence-corrected chi connectivity index (χ2v) is 6.35. The van der Waals surface area contributed by atoms with Crippen LogP contribution >= 0.6 is 11.6 Å². The largest absolute Gasteiger partial charge is 0.486 e. The summed E-state index contributed by atoms with van der Waals surface area (Å²) >= 11 is 5.85. The molecule has 0 bridgehead atoms. The minimum atomic E-state index is -0.232. The molecule has 0 unspecified atom stereocenters. The van der Waals surface area contributed by atoms with E-state index in [1.54, 1.807) is 53.2 Å². The Morgan fingerprint density at radius 1 is 1.23 bits per heavy atom. The van der Waals surface area contributed by atoms with Crippen molar-refractivity contribution in [3.8, 4) is 5.75 Å².